The van der Waals surface area contributed by atoms with Gasteiger partial charge in [0, 0.05) is 5.92 Å². The number of nitrogens with one attached hydrogen (secondary N) is 1. The minimum Gasteiger partial charge on any atom is -0.390 e. The summed E-state index contributed by atoms with van der Waals surface area (Å²) in [6, 6.07) is 0. The van der Waals surface area contributed by atoms with Gasteiger partial charge in [-0.25, -0.2) is 8.78 Å². The third-order valence-electron chi connectivity index (χ3n) is 2.50. The maximum absolute atomic E-state index is 12.5. The molecular formula is C9H15F2NO2. The number of aliphatic hydroxyl groups excluding tert-OH is 1. The van der Waals surface area contributed by atoms with Crippen molar-refractivity contribution in [3.8, 4) is 0 Å². The summed E-state index contributed by atoms with van der Waals surface area (Å²) in [7, 11) is 0. The highest BCUT2D eigenvalue weighted by Crippen LogP contribution is 2.36. The molecule has 2 N–H and O–H groups in total. The van der Waals surface area contributed by atoms with Crippen molar-refractivity contribution < 1.29 is 18.7 Å². The summed E-state index contributed by atoms with van der Waals surface area (Å²) < 4.78 is 25.1. The number of amides is 1. The van der Waals surface area contributed by atoms with Crippen LogP contribution in [0, 0.1) is 11.8 Å². The van der Waals surface area contributed by atoms with Crippen molar-refractivity contribution in [2.24, 2.45) is 11.8 Å². The molecule has 1 unspecified atom stereocenters. The van der Waals surface area contributed by atoms with Crippen LogP contribution in [0.2, 0.25) is 0 Å². The van der Waals surface area contributed by atoms with Crippen LogP contribution in [0.5, 0.6) is 0 Å². The molecule has 0 spiro atoms. The average Bonchev–Trinajstić information content (AvgIpc) is 2.96. The maximum Gasteiger partial charge on any atom is 0.287 e. The van der Waals surface area contributed by atoms with Crippen LogP contribution in [0.4, 0.5) is 8.78 Å². The summed E-state index contributed by atoms with van der Waals surface area (Å²) in [5.74, 6) is -3.39. The van der Waals surface area contributed by atoms with E-state index in [1.54, 1.807) is 6.92 Å². The van der Waals surface area contributed by atoms with Gasteiger partial charge in [-0.05, 0) is 18.8 Å². The third-order valence-corrected chi connectivity index (χ3v) is 2.50. The molecule has 0 aliphatic heterocycles. The number of carbonyl (C=O) groups is 1. The van der Waals surface area contributed by atoms with Gasteiger partial charge in [-0.1, -0.05) is 6.92 Å². The Morgan fingerprint density at radius 1 is 1.64 bits per heavy atom. The molecule has 14 heavy (non-hydrogen) atoms. The van der Waals surface area contributed by atoms with E-state index < -0.39 is 19.1 Å². The van der Waals surface area contributed by atoms with Gasteiger partial charge in [0.2, 0.25) is 5.91 Å². The Kier molecular flexibility index (Phi) is 3.42. The lowest BCUT2D eigenvalue weighted by Gasteiger charge is -2.16. The summed E-state index contributed by atoms with van der Waals surface area (Å²) >= 11 is 0. The van der Waals surface area contributed by atoms with E-state index in [9.17, 15) is 13.6 Å². The largest absolute Gasteiger partial charge is 0.390 e. The van der Waals surface area contributed by atoms with Gasteiger partial charge in [0.1, 0.15) is 6.61 Å². The highest BCUT2D eigenvalue weighted by molar-refractivity contribution is 5.78. The second-order valence-electron chi connectivity index (χ2n) is 3.86. The Bertz CT molecular complexity index is 217. The minimum atomic E-state index is -3.21. The molecule has 0 aromatic rings. The summed E-state index contributed by atoms with van der Waals surface area (Å²) in [6.45, 7) is -0.269. The van der Waals surface area contributed by atoms with E-state index in [2.05, 4.69) is 5.32 Å². The van der Waals surface area contributed by atoms with Crippen LogP contribution in [0.3, 0.4) is 0 Å². The number of carbonyl (C=O) groups excluding carboxylic acids is 1. The molecular weight excluding hydrogens is 192 g/mol. The fraction of sp³-hybridized carbons (Fsp3) is 0.889. The SMILES string of the molecule is CC(C(=O)NCC(F)(F)CO)C1CC1. The van der Waals surface area contributed by atoms with Crippen LogP contribution in [0.25, 0.3) is 0 Å². The van der Waals surface area contributed by atoms with E-state index in [0.717, 1.165) is 12.8 Å². The molecule has 0 radical (unpaired) electrons. The fourth-order valence-electron chi connectivity index (χ4n) is 1.24. The van der Waals surface area contributed by atoms with E-state index in [1.165, 1.54) is 0 Å². The van der Waals surface area contributed by atoms with Crippen LogP contribution < -0.4 is 5.32 Å². The number of aliphatic hydroxyl groups is 1. The second kappa shape index (κ2) is 4.21. The van der Waals surface area contributed by atoms with Crippen LogP contribution in [0.15, 0.2) is 0 Å². The maximum atomic E-state index is 12.5. The molecule has 1 aliphatic rings. The highest BCUT2D eigenvalue weighted by Gasteiger charge is 2.34. The quantitative estimate of drug-likeness (QED) is 0.699. The van der Waals surface area contributed by atoms with Crippen molar-refractivity contribution >= 4 is 5.91 Å². The molecule has 1 saturated carbocycles. The number of hydrogen-bond donors (Lipinski definition) is 2. The Balaban J connectivity index is 2.26. The molecule has 3 nitrogen and oxygen atoms in total. The van der Waals surface area contributed by atoms with Crippen LogP contribution in [-0.4, -0.2) is 30.1 Å². The molecule has 0 heterocycles. The first-order valence-corrected chi connectivity index (χ1v) is 4.72. The van der Waals surface area contributed by atoms with Gasteiger partial charge in [0.15, 0.2) is 0 Å². The first-order valence-electron chi connectivity index (χ1n) is 4.72. The number of rotatable bonds is 5. The van der Waals surface area contributed by atoms with E-state index in [-0.39, 0.29) is 11.8 Å². The molecule has 0 aromatic heterocycles. The Hall–Kier alpha value is -0.710. The predicted molar refractivity (Wildman–Crippen MR) is 46.9 cm³/mol. The molecule has 0 bridgehead atoms. The van der Waals surface area contributed by atoms with Crippen molar-refractivity contribution in [1.29, 1.82) is 0 Å². The molecule has 0 saturated heterocycles. The Labute approximate surface area is 81.5 Å². The summed E-state index contributed by atoms with van der Waals surface area (Å²) in [6.07, 6.45) is 2.01. The smallest absolute Gasteiger partial charge is 0.287 e. The zero-order chi connectivity index (χ0) is 10.8. The van der Waals surface area contributed by atoms with Crippen molar-refractivity contribution in [3.63, 3.8) is 0 Å². The lowest BCUT2D eigenvalue weighted by atomic mass is 10.1. The minimum absolute atomic E-state index is 0.190. The van der Waals surface area contributed by atoms with E-state index in [1.807, 2.05) is 0 Å². The van der Waals surface area contributed by atoms with Crippen molar-refractivity contribution in [3.05, 3.63) is 0 Å². The lowest BCUT2D eigenvalue weighted by Crippen LogP contribution is -2.41. The first kappa shape index (κ1) is 11.4. The number of alkyl halides is 2. The van der Waals surface area contributed by atoms with Gasteiger partial charge >= 0.3 is 0 Å². The molecule has 1 rings (SSSR count). The van der Waals surface area contributed by atoms with Gasteiger partial charge in [-0.2, -0.15) is 0 Å². The van der Waals surface area contributed by atoms with Crippen molar-refractivity contribution in [1.82, 2.24) is 5.32 Å². The molecule has 1 amide bonds. The molecule has 1 fully saturated rings. The molecule has 82 valence electrons. The summed E-state index contributed by atoms with van der Waals surface area (Å²) in [5.41, 5.74) is 0. The van der Waals surface area contributed by atoms with Gasteiger partial charge in [0.05, 0.1) is 6.54 Å². The lowest BCUT2D eigenvalue weighted by molar-refractivity contribution is -0.128. The van der Waals surface area contributed by atoms with Crippen LogP contribution in [-0.2, 0) is 4.79 Å². The molecule has 1 atom stereocenters. The Morgan fingerprint density at radius 2 is 2.21 bits per heavy atom. The number of halogens is 2. The molecule has 0 aromatic carbocycles. The zero-order valence-electron chi connectivity index (χ0n) is 8.09. The normalized spacial score (nSPS) is 19.1. The summed E-state index contributed by atoms with van der Waals surface area (Å²) in [5, 5.41) is 10.4. The van der Waals surface area contributed by atoms with Crippen molar-refractivity contribution in [2.45, 2.75) is 25.7 Å². The second-order valence-corrected chi connectivity index (χ2v) is 3.86. The summed E-state index contributed by atoms with van der Waals surface area (Å²) in [4.78, 5) is 11.3. The van der Waals surface area contributed by atoms with Gasteiger partial charge in [-0.15, -0.1) is 0 Å². The fourth-order valence-corrected chi connectivity index (χ4v) is 1.24. The molecule has 5 heteroatoms. The predicted octanol–water partition coefficient (Wildman–Crippen LogP) is 0.776. The van der Waals surface area contributed by atoms with E-state index >= 15 is 0 Å². The first-order chi connectivity index (χ1) is 6.46. The van der Waals surface area contributed by atoms with Gasteiger partial charge in [-0.3, -0.25) is 4.79 Å². The van der Waals surface area contributed by atoms with Crippen LogP contribution in [0.1, 0.15) is 19.8 Å². The van der Waals surface area contributed by atoms with E-state index in [4.69, 9.17) is 5.11 Å². The van der Waals surface area contributed by atoms with Gasteiger partial charge < -0.3 is 10.4 Å². The van der Waals surface area contributed by atoms with E-state index in [0.29, 0.717) is 5.92 Å². The third kappa shape index (κ3) is 3.21. The standard InChI is InChI=1S/C9H15F2NO2/c1-6(7-2-3-7)8(14)12-4-9(10,11)5-13/h6-7,13H,2-5H2,1H3,(H,12,14). The average molecular weight is 207 g/mol. The zero-order valence-corrected chi connectivity index (χ0v) is 8.09. The highest BCUT2D eigenvalue weighted by atomic mass is 19.3. The number of hydrogen-bond acceptors (Lipinski definition) is 2. The molecule has 1 aliphatic carbocycles. The monoisotopic (exact) mass is 207 g/mol. The van der Waals surface area contributed by atoms with Crippen molar-refractivity contribution in [2.75, 3.05) is 13.2 Å². The van der Waals surface area contributed by atoms with Gasteiger partial charge in [0.25, 0.3) is 5.92 Å². The topological polar surface area (TPSA) is 49.3 Å². The van der Waals surface area contributed by atoms with Crippen LogP contribution >= 0.6 is 0 Å². The Morgan fingerprint density at radius 3 is 2.64 bits per heavy atom.